The molecule has 4 heteroatoms. The fraction of sp³-hybridized carbons (Fsp3) is 0.0476. The molecule has 0 saturated carbocycles. The molecule has 0 bridgehead atoms. The Bertz CT molecular complexity index is 2240. The molecule has 0 atom stereocenters. The number of rotatable bonds is 7. The van der Waals surface area contributed by atoms with E-state index in [-0.39, 0.29) is 0 Å². The van der Waals surface area contributed by atoms with Crippen molar-refractivity contribution in [2.45, 2.75) is 13.2 Å². The van der Waals surface area contributed by atoms with Gasteiger partial charge in [-0.05, 0) is 87.1 Å². The van der Waals surface area contributed by atoms with Crippen LogP contribution in [0.5, 0.6) is 11.5 Å². The highest BCUT2D eigenvalue weighted by molar-refractivity contribution is 9.11. The minimum Gasteiger partial charge on any atom is -0.488 e. The lowest BCUT2D eigenvalue weighted by Crippen LogP contribution is -2.02. The predicted molar refractivity (Wildman–Crippen MR) is 199 cm³/mol. The molecule has 8 rings (SSSR count). The van der Waals surface area contributed by atoms with Gasteiger partial charge in [-0.25, -0.2) is 0 Å². The lowest BCUT2D eigenvalue weighted by Gasteiger charge is -2.20. The Morgan fingerprint density at radius 2 is 0.674 bits per heavy atom. The van der Waals surface area contributed by atoms with Crippen LogP contribution in [0.2, 0.25) is 0 Å². The van der Waals surface area contributed by atoms with Crippen LogP contribution in [0.1, 0.15) is 11.1 Å². The number of fused-ring (bicyclic) bond motifs is 4. The Kier molecular flexibility index (Phi) is 7.69. The van der Waals surface area contributed by atoms with E-state index in [0.717, 1.165) is 64.2 Å². The van der Waals surface area contributed by atoms with Crippen molar-refractivity contribution in [1.82, 2.24) is 0 Å². The molecule has 0 aromatic heterocycles. The molecule has 0 spiro atoms. The second-order valence-electron chi connectivity index (χ2n) is 11.4. The van der Waals surface area contributed by atoms with E-state index in [2.05, 4.69) is 177 Å². The van der Waals surface area contributed by atoms with Crippen LogP contribution in [0.3, 0.4) is 0 Å². The van der Waals surface area contributed by atoms with E-state index in [0.29, 0.717) is 13.2 Å². The summed E-state index contributed by atoms with van der Waals surface area (Å²) < 4.78 is 15.6. The summed E-state index contributed by atoms with van der Waals surface area (Å²) >= 11 is 7.72. The van der Waals surface area contributed by atoms with Crippen LogP contribution < -0.4 is 9.47 Å². The quantitative estimate of drug-likeness (QED) is 0.163. The first-order valence-electron chi connectivity index (χ1n) is 15.3. The van der Waals surface area contributed by atoms with E-state index < -0.39 is 0 Å². The van der Waals surface area contributed by atoms with Crippen molar-refractivity contribution in [3.63, 3.8) is 0 Å². The Hall–Kier alpha value is -4.64. The molecule has 0 aliphatic carbocycles. The average Bonchev–Trinajstić information content (AvgIpc) is 3.11. The Morgan fingerprint density at radius 3 is 1.09 bits per heavy atom. The van der Waals surface area contributed by atoms with Crippen molar-refractivity contribution in [3.8, 4) is 22.6 Å². The summed E-state index contributed by atoms with van der Waals surface area (Å²) in [6.45, 7) is 0.837. The molecule has 0 radical (unpaired) electrons. The number of benzene rings is 8. The Morgan fingerprint density at radius 1 is 0.348 bits per heavy atom. The minimum absolute atomic E-state index is 0.418. The van der Waals surface area contributed by atoms with Gasteiger partial charge < -0.3 is 9.47 Å². The normalized spacial score (nSPS) is 11.4. The van der Waals surface area contributed by atoms with E-state index >= 15 is 0 Å². The van der Waals surface area contributed by atoms with Crippen molar-refractivity contribution < 1.29 is 9.47 Å². The third kappa shape index (κ3) is 5.22. The molecule has 0 amide bonds. The summed E-state index contributed by atoms with van der Waals surface area (Å²) in [5.74, 6) is 1.62. The van der Waals surface area contributed by atoms with Crippen LogP contribution in [0.15, 0.2) is 155 Å². The summed E-state index contributed by atoms with van der Waals surface area (Å²) in [4.78, 5) is 0. The highest BCUT2D eigenvalue weighted by Gasteiger charge is 2.20. The summed E-state index contributed by atoms with van der Waals surface area (Å²) in [5.41, 5.74) is 4.24. The van der Waals surface area contributed by atoms with Gasteiger partial charge >= 0.3 is 0 Å². The van der Waals surface area contributed by atoms with Gasteiger partial charge in [-0.1, -0.05) is 133 Å². The zero-order chi connectivity index (χ0) is 31.0. The standard InChI is InChI=1S/C42H28Br2O2/c43-41-31(19-17-29-11-3-7-15-35(29)41)25-45-37-23-21-27-9-1-5-13-33(27)39(37)40-34-14-6-2-10-28(34)22-24-38(40)46-26-32-20-18-30-12-4-8-16-36(30)42(32)44/h1-24H,25-26H2. The predicted octanol–water partition coefficient (Wildman–Crippen LogP) is 12.6. The third-order valence-electron chi connectivity index (χ3n) is 8.68. The van der Waals surface area contributed by atoms with Crippen LogP contribution >= 0.6 is 31.9 Å². The maximum Gasteiger partial charge on any atom is 0.128 e. The first-order chi connectivity index (χ1) is 22.7. The van der Waals surface area contributed by atoms with Crippen LogP contribution in [-0.2, 0) is 13.2 Å². The fourth-order valence-electron chi connectivity index (χ4n) is 6.35. The summed E-state index contributed by atoms with van der Waals surface area (Å²) in [6.07, 6.45) is 0. The molecule has 0 saturated heterocycles. The van der Waals surface area contributed by atoms with E-state index in [4.69, 9.17) is 9.47 Å². The molecule has 0 heterocycles. The van der Waals surface area contributed by atoms with Crippen molar-refractivity contribution in [1.29, 1.82) is 0 Å². The Labute approximate surface area is 284 Å². The van der Waals surface area contributed by atoms with Crippen LogP contribution in [0.25, 0.3) is 54.2 Å². The molecule has 0 unspecified atom stereocenters. The minimum atomic E-state index is 0.418. The molecular weight excluding hydrogens is 696 g/mol. The number of ether oxygens (including phenoxy) is 2. The highest BCUT2D eigenvalue weighted by Crippen LogP contribution is 2.46. The molecule has 8 aromatic rings. The number of hydrogen-bond donors (Lipinski definition) is 0. The molecule has 8 aromatic carbocycles. The molecular formula is C42H28Br2O2. The fourth-order valence-corrected chi connectivity index (χ4v) is 7.57. The summed E-state index contributed by atoms with van der Waals surface area (Å²) in [7, 11) is 0. The van der Waals surface area contributed by atoms with E-state index in [1.165, 1.54) is 21.5 Å². The largest absolute Gasteiger partial charge is 0.488 e. The maximum atomic E-state index is 6.76. The second kappa shape index (κ2) is 12.3. The Balaban J connectivity index is 1.25. The average molecular weight is 724 g/mol. The monoisotopic (exact) mass is 722 g/mol. The highest BCUT2D eigenvalue weighted by atomic mass is 79.9. The number of halogens is 2. The van der Waals surface area contributed by atoms with Crippen molar-refractivity contribution >= 4 is 74.9 Å². The first kappa shape index (κ1) is 28.8. The van der Waals surface area contributed by atoms with E-state index in [9.17, 15) is 0 Å². The van der Waals surface area contributed by atoms with Crippen molar-refractivity contribution in [3.05, 3.63) is 166 Å². The van der Waals surface area contributed by atoms with Gasteiger partial charge in [0.1, 0.15) is 24.7 Å². The van der Waals surface area contributed by atoms with E-state index in [1.807, 2.05) is 0 Å². The van der Waals surface area contributed by atoms with Crippen molar-refractivity contribution in [2.75, 3.05) is 0 Å². The zero-order valence-electron chi connectivity index (χ0n) is 24.8. The molecule has 0 fully saturated rings. The lowest BCUT2D eigenvalue weighted by molar-refractivity contribution is 0.303. The SMILES string of the molecule is Brc1c(COc2ccc3ccccc3c2-c2c(OCc3ccc4ccccc4c3Br)ccc3ccccc23)ccc2ccccc12. The zero-order valence-corrected chi connectivity index (χ0v) is 28.0. The molecule has 46 heavy (non-hydrogen) atoms. The van der Waals surface area contributed by atoms with Gasteiger partial charge in [0, 0.05) is 31.2 Å². The summed E-state index contributed by atoms with van der Waals surface area (Å²) in [5, 5.41) is 9.26. The second-order valence-corrected chi connectivity index (χ2v) is 13.0. The molecule has 222 valence electrons. The van der Waals surface area contributed by atoms with Crippen LogP contribution in [-0.4, -0.2) is 0 Å². The summed E-state index contributed by atoms with van der Waals surface area (Å²) in [6, 6.07) is 50.9. The van der Waals surface area contributed by atoms with Gasteiger partial charge in [0.15, 0.2) is 0 Å². The van der Waals surface area contributed by atoms with Gasteiger partial charge in [-0.3, -0.25) is 0 Å². The maximum absolute atomic E-state index is 6.76. The topological polar surface area (TPSA) is 18.5 Å². The van der Waals surface area contributed by atoms with Gasteiger partial charge in [-0.15, -0.1) is 0 Å². The smallest absolute Gasteiger partial charge is 0.128 e. The number of hydrogen-bond acceptors (Lipinski definition) is 2. The van der Waals surface area contributed by atoms with Gasteiger partial charge in [-0.2, -0.15) is 0 Å². The molecule has 0 N–H and O–H groups in total. The molecule has 2 nitrogen and oxygen atoms in total. The first-order valence-corrected chi connectivity index (χ1v) is 16.9. The van der Waals surface area contributed by atoms with Crippen molar-refractivity contribution in [2.24, 2.45) is 0 Å². The van der Waals surface area contributed by atoms with Gasteiger partial charge in [0.2, 0.25) is 0 Å². The van der Waals surface area contributed by atoms with Gasteiger partial charge in [0.05, 0.1) is 0 Å². The third-order valence-corrected chi connectivity index (χ3v) is 10.6. The van der Waals surface area contributed by atoms with Gasteiger partial charge in [0.25, 0.3) is 0 Å². The molecule has 0 aliphatic heterocycles. The van der Waals surface area contributed by atoms with E-state index in [1.54, 1.807) is 0 Å². The van der Waals surface area contributed by atoms with Crippen LogP contribution in [0, 0.1) is 0 Å². The lowest BCUT2D eigenvalue weighted by atomic mass is 9.92. The van der Waals surface area contributed by atoms with Crippen LogP contribution in [0.4, 0.5) is 0 Å². The molecule has 0 aliphatic rings.